The summed E-state index contributed by atoms with van der Waals surface area (Å²) in [6.07, 6.45) is -4.01. The van der Waals surface area contributed by atoms with Crippen LogP contribution in [0.1, 0.15) is 164 Å². The zero-order chi connectivity index (χ0) is 110. The van der Waals surface area contributed by atoms with Crippen LogP contribution in [0, 0.1) is 61.3 Å². The van der Waals surface area contributed by atoms with Crippen LogP contribution in [-0.4, -0.2) is 365 Å². The molecule has 7 aliphatic rings. The lowest BCUT2D eigenvalue weighted by molar-refractivity contribution is -0.386. The zero-order valence-corrected chi connectivity index (χ0v) is 90.0. The Morgan fingerprint density at radius 1 is 0.373 bits per heavy atom. The highest BCUT2D eigenvalue weighted by Gasteiger charge is 2.50. The van der Waals surface area contributed by atoms with Gasteiger partial charge in [0.25, 0.3) is 0 Å². The first-order chi connectivity index (χ1) is 71.7. The zero-order valence-electron chi connectivity index (χ0n) is 82.1. The van der Waals surface area contributed by atoms with E-state index >= 15 is 0 Å². The number of hydrogen-bond acceptors (Lipinski definition) is 46. The Morgan fingerprint density at radius 3 is 1.09 bits per heavy atom. The first-order valence-corrected chi connectivity index (χ1v) is 55.3. The van der Waals surface area contributed by atoms with Crippen molar-refractivity contribution in [2.45, 2.75) is 284 Å². The number of nitrogen functional groups attached to an aromatic ring is 1. The van der Waals surface area contributed by atoms with Crippen LogP contribution in [0.3, 0.4) is 0 Å². The lowest BCUT2D eigenvalue weighted by Crippen LogP contribution is -2.36. The van der Waals surface area contributed by atoms with Gasteiger partial charge in [0.05, 0.1) is 154 Å². The molecular formula is C91H126Cl5F4N21O24S5. The Bertz CT molecular complexity index is 5800. The van der Waals surface area contributed by atoms with Gasteiger partial charge in [-0.15, -0.1) is 10.2 Å². The van der Waals surface area contributed by atoms with Crippen LogP contribution in [0.4, 0.5) is 34.6 Å². The van der Waals surface area contributed by atoms with Gasteiger partial charge in [-0.2, -0.15) is 0 Å². The number of hydrogen-bond donors (Lipinski definition) is 18. The van der Waals surface area contributed by atoms with Crippen LogP contribution in [0.15, 0.2) is 62.2 Å². The van der Waals surface area contributed by atoms with E-state index in [1.54, 1.807) is 12.1 Å². The van der Waals surface area contributed by atoms with Crippen LogP contribution in [0.25, 0.3) is 22.3 Å². The number of rotatable bonds is 42. The Hall–Kier alpha value is -6.72. The summed E-state index contributed by atoms with van der Waals surface area (Å²) in [6.45, 7) is 9.91. The number of anilines is 1. The second kappa shape index (κ2) is 61.3. The predicted molar refractivity (Wildman–Crippen MR) is 550 cm³/mol. The lowest BCUT2D eigenvalue weighted by atomic mass is 9.98. The highest BCUT2D eigenvalue weighted by atomic mass is 35.5. The Balaban J connectivity index is 0.000000184. The van der Waals surface area contributed by atoms with Crippen LogP contribution >= 0.6 is 117 Å². The van der Waals surface area contributed by atoms with E-state index < -0.39 is 154 Å². The number of aliphatic hydroxyl groups is 15. The molecule has 0 unspecified atom stereocenters. The van der Waals surface area contributed by atoms with E-state index in [9.17, 15) is 88.9 Å². The van der Waals surface area contributed by atoms with Crippen molar-refractivity contribution >= 4 is 156 Å². The number of nitrogens with two attached hydrogens (primary N) is 3. The molecule has 7 aliphatic carbocycles. The molecule has 0 saturated heterocycles. The van der Waals surface area contributed by atoms with Crippen molar-refractivity contribution in [3.05, 3.63) is 134 Å². The molecule has 2 aromatic carbocycles. The molecule has 7 aromatic heterocycles. The van der Waals surface area contributed by atoms with Gasteiger partial charge >= 0.3 is 11.4 Å². The van der Waals surface area contributed by atoms with Gasteiger partial charge in [-0.3, -0.25) is 20.2 Å². The third-order valence-electron chi connectivity index (χ3n) is 24.8. The van der Waals surface area contributed by atoms with E-state index in [0.29, 0.717) is 104 Å². The monoisotopic (exact) mass is 2310 g/mol. The molecular weight excluding hydrogens is 2180 g/mol. The van der Waals surface area contributed by atoms with Crippen LogP contribution in [-0.2, 0) is 42.9 Å². The maximum absolute atomic E-state index is 13.7. The van der Waals surface area contributed by atoms with Crippen molar-refractivity contribution in [1.29, 1.82) is 0 Å². The average molecular weight is 2310 g/mol. The fourth-order valence-electron chi connectivity index (χ4n) is 17.0. The van der Waals surface area contributed by atoms with Crippen LogP contribution < -0.4 is 17.2 Å². The molecule has 9 aromatic rings. The third-order valence-corrected chi connectivity index (χ3v) is 31.4. The molecule has 150 heavy (non-hydrogen) atoms. The van der Waals surface area contributed by atoms with Crippen molar-refractivity contribution < 1.29 is 128 Å². The van der Waals surface area contributed by atoms with Crippen LogP contribution in [0.2, 0.25) is 25.8 Å². The molecule has 7 heterocycles. The molecule has 7 fully saturated rings. The molecule has 0 radical (unpaired) electrons. The summed E-state index contributed by atoms with van der Waals surface area (Å²) in [7, 11) is 0. The fourth-order valence-corrected chi connectivity index (χ4v) is 22.0. The van der Waals surface area contributed by atoms with Crippen molar-refractivity contribution in [1.82, 2.24) is 79.8 Å². The van der Waals surface area contributed by atoms with Gasteiger partial charge in [0, 0.05) is 66.0 Å². The summed E-state index contributed by atoms with van der Waals surface area (Å²) >= 11 is 36.7. The number of thioether (sulfide) groups is 5. The molecule has 59 heteroatoms. The molecule has 21 N–H and O–H groups in total. The Labute approximate surface area is 905 Å². The molecule has 45 nitrogen and oxygen atoms in total. The lowest BCUT2D eigenvalue weighted by Gasteiger charge is -2.17. The van der Waals surface area contributed by atoms with Gasteiger partial charge in [0.1, 0.15) is 48.4 Å². The number of halogens is 9. The fraction of sp³-hybridized carbons (Fsp3) is 0.648. The van der Waals surface area contributed by atoms with E-state index in [-0.39, 0.29) is 139 Å². The number of fused-ring (bicyclic) bond motifs is 2. The molecule has 0 bridgehead atoms. The Kier molecular flexibility index (Phi) is 51.1. The van der Waals surface area contributed by atoms with Gasteiger partial charge in [-0.25, -0.2) is 76.8 Å². The van der Waals surface area contributed by atoms with Gasteiger partial charge in [-0.05, 0) is 136 Å². The van der Waals surface area contributed by atoms with Gasteiger partial charge < -0.3 is 117 Å². The maximum Gasteiger partial charge on any atom is 0.343 e. The summed E-state index contributed by atoms with van der Waals surface area (Å²) < 4.78 is 81.9. The molecule has 7 saturated carbocycles. The van der Waals surface area contributed by atoms with Crippen molar-refractivity contribution in [3.63, 3.8) is 0 Å². The Morgan fingerprint density at radius 2 is 0.700 bits per heavy atom. The third kappa shape index (κ3) is 34.2. The highest BCUT2D eigenvalue weighted by molar-refractivity contribution is 8.00. The number of nitro groups is 2. The number of aliphatic hydroxyl groups excluding tert-OH is 15. The van der Waals surface area contributed by atoms with E-state index in [4.69, 9.17) is 129 Å². The van der Waals surface area contributed by atoms with E-state index in [1.807, 2.05) is 13.8 Å². The highest BCUT2D eigenvalue weighted by Crippen LogP contribution is 2.51. The van der Waals surface area contributed by atoms with Gasteiger partial charge in [0.15, 0.2) is 81.7 Å². The standard InChI is InChI=1S/C24H29F2N5O4S.C15H22ClN3O6S.C15H24ClN3O4S.C14H20ClN5O4S.C9H9F2N.C7H7Cl2N3O2S.C7H15NO4/c1-2-7-36-24-27-17(10-13-8-14(13)12-3-4-15(25)16(26)9-12)20-23(28-24)31(30-29-20)18-11-19(35-6-5-32)22(34)21(18)33;1-2-5-26-15-17-9(11(19(23)24)14(16)18-15)6-8-7-10(25-4-3-20)13(22)12(8)21;1-2-5-24-15-18-9(11(17)14(16)19-15)6-8-7-10(23-4-3-20)13(22)12(8)21;1-2-5-25-14-16-12(15)9-13(17-14)20(19-18-9)7-6-8(24-4-3-21)11(23)10(7)22;10-7-2-1-5(3-8(7)11)6-4-9(6)12;1-2-3-15-7-10-5(8)4(12(13)14)6(9)11-7;8-4-3-5(12-2-1-9)7(11)6(4)10/h3-4,9,13-14,18-19,21-22,32-34H,2,5-8,10-11H2,1H3;8,10,12-13,20-22H,2-7H2,1H3;8,10,12-13,20-22H,2-7,17H2,1H3;7-8,10-11,21-23H,2-6H2,1H3;1-3,6,9H,4,12H2;2-3H2,1H3;4-7,9-11H,1-3,8H2/t13-,14-,18+,19-,21-,22+;2*8-,10+,12+,13-;7-,8+,10+,11-;6-,9+;;4-,5+,6+,7-/m01110.1/s1. The topological polar surface area (TPSA) is 704 Å². The smallest absolute Gasteiger partial charge is 0.343 e. The van der Waals surface area contributed by atoms with Gasteiger partial charge in [0.2, 0.25) is 15.5 Å². The first kappa shape index (κ1) is 125. The summed E-state index contributed by atoms with van der Waals surface area (Å²) in [5.41, 5.74) is 21.3. The van der Waals surface area contributed by atoms with E-state index in [0.717, 1.165) is 103 Å². The van der Waals surface area contributed by atoms with Crippen LogP contribution in [0.5, 0.6) is 0 Å². The molecule has 0 amide bonds. The summed E-state index contributed by atoms with van der Waals surface area (Å²) in [6, 6.07) is 6.56. The average Bonchev–Trinajstić information content (AvgIpc) is 1.59. The number of aromatic nitrogens is 16. The van der Waals surface area contributed by atoms with Crippen molar-refractivity contribution in [2.75, 3.05) is 101 Å². The SMILES string of the molecule is CCCSc1nc(C[C@@H]2C[C@H]2c2ccc(F)c(F)c2)c2nnn([C@@H]3C[C@H](OCCO)[C@@H](O)[C@H]3O)c2n1.CCCSc1nc(Cl)c(N)c(C[C@@H]2C[C@H](OCCO)[C@@H](O)[C@H]2O)n1.CCCSc1nc(Cl)c([N+](=O)[O-])c(C[C@@H]2C[C@H](OCCO)[C@@H](O)[C@H]2O)n1.CCCSc1nc(Cl)c([N+](=O)[O-])c(Cl)n1.CCCSc1nc(Cl)c2nnn([C@@H]3C[C@H](OCCO)[C@@H](O)[C@H]3O)c2n1.N[C@@H]1C[C@H](OCCO)[C@@H](O)[C@H]1O.N[C@@H]1C[C@H]1c1ccc(F)c(F)c1. The molecule has 832 valence electrons. The first-order valence-electron chi connectivity index (χ1n) is 48.5. The van der Waals surface area contributed by atoms with Crippen molar-refractivity contribution in [3.8, 4) is 0 Å². The van der Waals surface area contributed by atoms with Crippen molar-refractivity contribution in [2.24, 2.45) is 29.2 Å². The summed E-state index contributed by atoms with van der Waals surface area (Å²) in [5, 5.41) is 186. The quantitative estimate of drug-likeness (QED) is 0.00435. The number of nitrogens with zero attached hydrogens (tertiary/aromatic N) is 18. The minimum Gasteiger partial charge on any atom is -0.395 e. The molecule has 16 rings (SSSR count). The predicted octanol–water partition coefficient (Wildman–Crippen LogP) is 7.68. The number of benzene rings is 2. The van der Waals surface area contributed by atoms with Gasteiger partial charge in [-0.1, -0.05) is 174 Å². The summed E-state index contributed by atoms with van der Waals surface area (Å²) in [5.74, 6) is 0.652. The maximum atomic E-state index is 13.7. The molecule has 24 atom stereocenters. The minimum absolute atomic E-state index is 0.0401. The second-order valence-electron chi connectivity index (χ2n) is 35.7. The minimum atomic E-state index is -1.13. The second-order valence-corrected chi connectivity index (χ2v) is 42.8. The van der Waals surface area contributed by atoms with E-state index in [2.05, 4.69) is 86.3 Å². The largest absolute Gasteiger partial charge is 0.395 e. The molecule has 0 aliphatic heterocycles. The summed E-state index contributed by atoms with van der Waals surface area (Å²) in [4.78, 5) is 63.0. The normalized spacial score (nSPS) is 26.4. The molecule has 0 spiro atoms. The number of ether oxygens (including phenoxy) is 5. The van der Waals surface area contributed by atoms with E-state index in [1.165, 1.54) is 80.3 Å².